The molecule has 0 radical (unpaired) electrons. The van der Waals surface area contributed by atoms with Gasteiger partial charge in [-0.2, -0.15) is 0 Å². The molecular formula is C18H19IN2O2. The molecule has 1 fully saturated rings. The van der Waals surface area contributed by atoms with Gasteiger partial charge in [-0.05, 0) is 52.4 Å². The molecule has 0 spiro atoms. The lowest BCUT2D eigenvalue weighted by atomic mass is 10.2. The molecule has 1 amide bonds. The summed E-state index contributed by atoms with van der Waals surface area (Å²) in [6.45, 7) is 3.39. The molecule has 120 valence electrons. The monoisotopic (exact) mass is 422 g/mol. The molecule has 0 bridgehead atoms. The molecule has 0 aliphatic carbocycles. The average Bonchev–Trinajstić information content (AvgIpc) is 2.61. The predicted octanol–water partition coefficient (Wildman–Crippen LogP) is 3.75. The molecule has 23 heavy (non-hydrogen) atoms. The van der Waals surface area contributed by atoms with Crippen molar-refractivity contribution < 1.29 is 9.53 Å². The van der Waals surface area contributed by atoms with Gasteiger partial charge in [-0.3, -0.25) is 0 Å². The molecule has 0 aromatic heterocycles. The van der Waals surface area contributed by atoms with Gasteiger partial charge in [-0.1, -0.05) is 30.3 Å². The normalized spacial score (nSPS) is 14.7. The second-order valence-electron chi connectivity index (χ2n) is 5.49. The maximum absolute atomic E-state index is 12.1. The summed E-state index contributed by atoms with van der Waals surface area (Å²) in [6, 6.07) is 18.2. The van der Waals surface area contributed by atoms with Crippen LogP contribution in [0.15, 0.2) is 54.6 Å². The van der Waals surface area contributed by atoms with Crippen molar-refractivity contribution in [3.8, 4) is 0 Å². The Labute approximate surface area is 150 Å². The molecule has 2 aromatic carbocycles. The van der Waals surface area contributed by atoms with Crippen LogP contribution in [-0.4, -0.2) is 37.2 Å². The standard InChI is InChI=1S/C18H19IN2O2/c19-16-6-8-17(9-7-16)20-10-12-21(13-11-20)18(22)23-14-15-4-2-1-3-5-15/h1-9H,10-14H2. The summed E-state index contributed by atoms with van der Waals surface area (Å²) in [5.74, 6) is 0. The third-order valence-electron chi connectivity index (χ3n) is 3.93. The third kappa shape index (κ3) is 4.37. The highest BCUT2D eigenvalue weighted by atomic mass is 127. The van der Waals surface area contributed by atoms with Crippen LogP contribution in [0.1, 0.15) is 5.56 Å². The summed E-state index contributed by atoms with van der Waals surface area (Å²) in [5.41, 5.74) is 2.22. The molecule has 1 aliphatic heterocycles. The SMILES string of the molecule is O=C(OCc1ccccc1)N1CCN(c2ccc(I)cc2)CC1. The smallest absolute Gasteiger partial charge is 0.410 e. The Morgan fingerprint density at radius 3 is 2.26 bits per heavy atom. The molecule has 0 unspecified atom stereocenters. The number of halogens is 1. The first kappa shape index (κ1) is 16.1. The summed E-state index contributed by atoms with van der Waals surface area (Å²) in [5, 5.41) is 0. The number of piperazine rings is 1. The molecule has 0 saturated carbocycles. The second-order valence-corrected chi connectivity index (χ2v) is 6.74. The molecular weight excluding hydrogens is 403 g/mol. The molecule has 3 rings (SSSR count). The molecule has 4 nitrogen and oxygen atoms in total. The first-order valence-electron chi connectivity index (χ1n) is 7.68. The average molecular weight is 422 g/mol. The van der Waals surface area contributed by atoms with E-state index in [0.29, 0.717) is 19.7 Å². The number of carbonyl (C=O) groups is 1. The van der Waals surface area contributed by atoms with E-state index in [4.69, 9.17) is 4.74 Å². The van der Waals surface area contributed by atoms with Gasteiger partial charge in [0.05, 0.1) is 0 Å². The fourth-order valence-electron chi connectivity index (χ4n) is 2.61. The van der Waals surface area contributed by atoms with Crippen LogP contribution in [0.5, 0.6) is 0 Å². The van der Waals surface area contributed by atoms with Crippen molar-refractivity contribution in [3.05, 3.63) is 63.7 Å². The summed E-state index contributed by atoms with van der Waals surface area (Å²) in [4.78, 5) is 16.2. The van der Waals surface area contributed by atoms with E-state index in [1.54, 1.807) is 4.90 Å². The van der Waals surface area contributed by atoms with Crippen LogP contribution in [0.4, 0.5) is 10.5 Å². The number of rotatable bonds is 3. The van der Waals surface area contributed by atoms with Crippen molar-refractivity contribution in [3.63, 3.8) is 0 Å². The van der Waals surface area contributed by atoms with Crippen LogP contribution in [0.25, 0.3) is 0 Å². The fourth-order valence-corrected chi connectivity index (χ4v) is 2.97. The zero-order valence-electron chi connectivity index (χ0n) is 12.8. The minimum absolute atomic E-state index is 0.226. The van der Waals surface area contributed by atoms with Crippen LogP contribution in [-0.2, 0) is 11.3 Å². The van der Waals surface area contributed by atoms with E-state index in [1.165, 1.54) is 9.26 Å². The highest BCUT2D eigenvalue weighted by molar-refractivity contribution is 14.1. The maximum Gasteiger partial charge on any atom is 0.410 e. The van der Waals surface area contributed by atoms with Crippen molar-refractivity contribution in [2.24, 2.45) is 0 Å². The number of nitrogens with zero attached hydrogens (tertiary/aromatic N) is 2. The van der Waals surface area contributed by atoms with E-state index < -0.39 is 0 Å². The number of ether oxygens (including phenoxy) is 1. The highest BCUT2D eigenvalue weighted by Gasteiger charge is 2.22. The number of amides is 1. The predicted molar refractivity (Wildman–Crippen MR) is 99.6 cm³/mol. The van der Waals surface area contributed by atoms with E-state index in [2.05, 4.69) is 51.8 Å². The van der Waals surface area contributed by atoms with Crippen molar-refractivity contribution in [2.75, 3.05) is 31.1 Å². The Hall–Kier alpha value is -1.76. The van der Waals surface area contributed by atoms with Gasteiger partial charge in [0.2, 0.25) is 0 Å². The van der Waals surface area contributed by atoms with Crippen LogP contribution in [0.3, 0.4) is 0 Å². The number of hydrogen-bond acceptors (Lipinski definition) is 3. The van der Waals surface area contributed by atoms with E-state index in [-0.39, 0.29) is 6.09 Å². The molecule has 1 aliphatic rings. The van der Waals surface area contributed by atoms with Crippen molar-refractivity contribution in [2.45, 2.75) is 6.61 Å². The molecule has 1 saturated heterocycles. The summed E-state index contributed by atoms with van der Waals surface area (Å²) in [6.07, 6.45) is -0.226. The van der Waals surface area contributed by atoms with Gasteiger partial charge in [0.25, 0.3) is 0 Å². The number of anilines is 1. The molecule has 1 heterocycles. The Morgan fingerprint density at radius 2 is 1.61 bits per heavy atom. The van der Waals surface area contributed by atoms with Crippen LogP contribution in [0, 0.1) is 3.57 Å². The lowest BCUT2D eigenvalue weighted by Gasteiger charge is -2.35. The molecule has 2 aromatic rings. The van der Waals surface area contributed by atoms with Gasteiger partial charge in [-0.15, -0.1) is 0 Å². The fraction of sp³-hybridized carbons (Fsp3) is 0.278. The van der Waals surface area contributed by atoms with Crippen LogP contribution < -0.4 is 4.90 Å². The van der Waals surface area contributed by atoms with Crippen molar-refractivity contribution in [1.82, 2.24) is 4.90 Å². The third-order valence-corrected chi connectivity index (χ3v) is 4.65. The van der Waals surface area contributed by atoms with Gasteiger partial charge in [-0.25, -0.2) is 4.79 Å². The van der Waals surface area contributed by atoms with E-state index >= 15 is 0 Å². The summed E-state index contributed by atoms with van der Waals surface area (Å²) >= 11 is 2.31. The highest BCUT2D eigenvalue weighted by Crippen LogP contribution is 2.18. The molecule has 5 heteroatoms. The van der Waals surface area contributed by atoms with Gasteiger partial charge in [0.1, 0.15) is 6.61 Å². The van der Waals surface area contributed by atoms with E-state index in [0.717, 1.165) is 18.7 Å². The van der Waals surface area contributed by atoms with Gasteiger partial charge in [0.15, 0.2) is 0 Å². The number of hydrogen-bond donors (Lipinski definition) is 0. The second kappa shape index (κ2) is 7.68. The van der Waals surface area contributed by atoms with Crippen molar-refractivity contribution in [1.29, 1.82) is 0 Å². The van der Waals surface area contributed by atoms with Crippen LogP contribution >= 0.6 is 22.6 Å². The first-order chi connectivity index (χ1) is 11.2. The lowest BCUT2D eigenvalue weighted by Crippen LogP contribution is -2.48. The maximum atomic E-state index is 12.1. The topological polar surface area (TPSA) is 32.8 Å². The quantitative estimate of drug-likeness (QED) is 0.707. The summed E-state index contributed by atoms with van der Waals surface area (Å²) < 4.78 is 6.62. The molecule has 0 N–H and O–H groups in total. The minimum Gasteiger partial charge on any atom is -0.445 e. The first-order valence-corrected chi connectivity index (χ1v) is 8.76. The van der Waals surface area contributed by atoms with Crippen molar-refractivity contribution >= 4 is 34.4 Å². The van der Waals surface area contributed by atoms with Gasteiger partial charge in [0, 0.05) is 35.4 Å². The zero-order chi connectivity index (χ0) is 16.1. The Kier molecular flexibility index (Phi) is 5.38. The zero-order valence-corrected chi connectivity index (χ0v) is 15.0. The lowest BCUT2D eigenvalue weighted by molar-refractivity contribution is 0.0942. The number of benzene rings is 2. The summed E-state index contributed by atoms with van der Waals surface area (Å²) in [7, 11) is 0. The largest absolute Gasteiger partial charge is 0.445 e. The Bertz CT molecular complexity index is 638. The number of carbonyl (C=O) groups excluding carboxylic acids is 1. The Balaban J connectivity index is 1.48. The van der Waals surface area contributed by atoms with Gasteiger partial charge < -0.3 is 14.5 Å². The Morgan fingerprint density at radius 1 is 0.957 bits per heavy atom. The van der Waals surface area contributed by atoms with E-state index in [9.17, 15) is 4.79 Å². The van der Waals surface area contributed by atoms with E-state index in [1.807, 2.05) is 30.3 Å². The van der Waals surface area contributed by atoms with Gasteiger partial charge >= 0.3 is 6.09 Å². The van der Waals surface area contributed by atoms with Crippen LogP contribution in [0.2, 0.25) is 0 Å². The molecule has 0 atom stereocenters. The minimum atomic E-state index is -0.226.